The van der Waals surface area contributed by atoms with Crippen LogP contribution in [-0.2, 0) is 11.2 Å². The van der Waals surface area contributed by atoms with E-state index in [-0.39, 0.29) is 0 Å². The van der Waals surface area contributed by atoms with Gasteiger partial charge in [0, 0.05) is 12.8 Å². The Morgan fingerprint density at radius 3 is 2.50 bits per heavy atom. The van der Waals surface area contributed by atoms with Gasteiger partial charge in [-0.05, 0) is 31.2 Å². The summed E-state index contributed by atoms with van der Waals surface area (Å²) < 4.78 is 0. The molecule has 0 heterocycles. The van der Waals surface area contributed by atoms with E-state index in [2.05, 4.69) is 36.4 Å². The highest BCUT2D eigenvalue weighted by Gasteiger charge is 2.09. The molecule has 0 fully saturated rings. The predicted molar refractivity (Wildman–Crippen MR) is 66.3 cm³/mol. The molecule has 1 aliphatic rings. The molecule has 16 heavy (non-hydrogen) atoms. The van der Waals surface area contributed by atoms with E-state index >= 15 is 0 Å². The van der Waals surface area contributed by atoms with Gasteiger partial charge in [-0.3, -0.25) is 4.79 Å². The quantitative estimate of drug-likeness (QED) is 0.699. The standard InChI is InChI=1S/C15H18O/c16-15-11-9-14(10-12-15)8-4-7-13-5-2-1-3-6-13/h1-3,5-6,9H,4,7-8,10-12H2. The maximum absolute atomic E-state index is 11.1. The van der Waals surface area contributed by atoms with Crippen LogP contribution in [0.3, 0.4) is 0 Å². The molecule has 0 N–H and O–H groups in total. The zero-order valence-electron chi connectivity index (χ0n) is 9.61. The second-order valence-electron chi connectivity index (χ2n) is 4.44. The lowest BCUT2D eigenvalue weighted by Gasteiger charge is -2.11. The van der Waals surface area contributed by atoms with E-state index in [1.807, 2.05) is 0 Å². The fourth-order valence-electron chi connectivity index (χ4n) is 2.15. The fourth-order valence-corrected chi connectivity index (χ4v) is 2.15. The smallest absolute Gasteiger partial charge is 0.136 e. The number of ketones is 1. The molecule has 0 radical (unpaired) electrons. The number of carbonyl (C=O) groups is 1. The zero-order chi connectivity index (χ0) is 11.2. The fraction of sp³-hybridized carbons (Fsp3) is 0.400. The van der Waals surface area contributed by atoms with E-state index < -0.39 is 0 Å². The van der Waals surface area contributed by atoms with E-state index in [0.717, 1.165) is 25.7 Å². The lowest BCUT2D eigenvalue weighted by Crippen LogP contribution is -2.03. The number of rotatable bonds is 4. The Morgan fingerprint density at radius 1 is 1.00 bits per heavy atom. The van der Waals surface area contributed by atoms with Gasteiger partial charge in [-0.25, -0.2) is 0 Å². The van der Waals surface area contributed by atoms with Crippen LogP contribution in [0.25, 0.3) is 0 Å². The van der Waals surface area contributed by atoms with Gasteiger partial charge in [0.1, 0.15) is 5.78 Å². The van der Waals surface area contributed by atoms with Crippen LogP contribution in [0.1, 0.15) is 37.7 Å². The molecule has 84 valence electrons. The third kappa shape index (κ3) is 3.34. The minimum absolute atomic E-state index is 0.395. The number of allylic oxidation sites excluding steroid dienone is 2. The van der Waals surface area contributed by atoms with E-state index in [9.17, 15) is 4.79 Å². The molecule has 1 aromatic carbocycles. The van der Waals surface area contributed by atoms with Gasteiger partial charge in [-0.1, -0.05) is 42.0 Å². The molecule has 0 amide bonds. The monoisotopic (exact) mass is 214 g/mol. The molecule has 0 unspecified atom stereocenters. The van der Waals surface area contributed by atoms with Crippen molar-refractivity contribution in [2.24, 2.45) is 0 Å². The van der Waals surface area contributed by atoms with Crippen molar-refractivity contribution < 1.29 is 4.79 Å². The van der Waals surface area contributed by atoms with Crippen molar-refractivity contribution in [2.45, 2.75) is 38.5 Å². The number of Topliss-reactive ketones (excluding diaryl/α,β-unsaturated/α-hetero) is 1. The van der Waals surface area contributed by atoms with Crippen LogP contribution in [0.5, 0.6) is 0 Å². The summed E-state index contributed by atoms with van der Waals surface area (Å²) in [6.07, 6.45) is 8.06. The average Bonchev–Trinajstić information content (AvgIpc) is 2.33. The number of aryl methyl sites for hydroxylation is 1. The molecule has 1 aromatic rings. The summed E-state index contributed by atoms with van der Waals surface area (Å²) >= 11 is 0. The molecule has 0 aliphatic heterocycles. The van der Waals surface area contributed by atoms with Crippen LogP contribution in [0.4, 0.5) is 0 Å². The highest BCUT2D eigenvalue weighted by Crippen LogP contribution is 2.20. The third-order valence-electron chi connectivity index (χ3n) is 3.15. The Hall–Kier alpha value is -1.37. The lowest BCUT2D eigenvalue weighted by atomic mass is 9.94. The first kappa shape index (κ1) is 11.1. The highest BCUT2D eigenvalue weighted by atomic mass is 16.1. The van der Waals surface area contributed by atoms with Gasteiger partial charge in [0.2, 0.25) is 0 Å². The third-order valence-corrected chi connectivity index (χ3v) is 3.15. The van der Waals surface area contributed by atoms with Gasteiger partial charge < -0.3 is 0 Å². The molecule has 0 aromatic heterocycles. The second kappa shape index (κ2) is 5.64. The summed E-state index contributed by atoms with van der Waals surface area (Å²) in [5, 5.41) is 0. The Bertz CT molecular complexity index is 376. The van der Waals surface area contributed by atoms with Crippen LogP contribution in [0, 0.1) is 0 Å². The minimum atomic E-state index is 0.395. The summed E-state index contributed by atoms with van der Waals surface area (Å²) in [6, 6.07) is 10.6. The normalized spacial score (nSPS) is 16.0. The van der Waals surface area contributed by atoms with E-state index in [0.29, 0.717) is 12.2 Å². The maximum atomic E-state index is 11.1. The van der Waals surface area contributed by atoms with E-state index in [1.54, 1.807) is 0 Å². The van der Waals surface area contributed by atoms with Crippen LogP contribution in [0.2, 0.25) is 0 Å². The molecule has 2 rings (SSSR count). The summed E-state index contributed by atoms with van der Waals surface area (Å²) in [5.74, 6) is 0.395. The van der Waals surface area contributed by atoms with Gasteiger partial charge in [0.15, 0.2) is 0 Å². The molecule has 1 nitrogen and oxygen atoms in total. The first-order valence-electron chi connectivity index (χ1n) is 6.08. The second-order valence-corrected chi connectivity index (χ2v) is 4.44. The Balaban J connectivity index is 1.74. The number of hydrogen-bond donors (Lipinski definition) is 0. The first-order chi connectivity index (χ1) is 7.84. The van der Waals surface area contributed by atoms with Crippen molar-refractivity contribution in [3.05, 3.63) is 47.5 Å². The SMILES string of the molecule is O=C1CC=C(CCCc2ccccc2)CC1. The Labute approximate surface area is 97.2 Å². The molecule has 1 aliphatic carbocycles. The van der Waals surface area contributed by atoms with Crippen molar-refractivity contribution in [2.75, 3.05) is 0 Å². The van der Waals surface area contributed by atoms with Crippen molar-refractivity contribution in [1.29, 1.82) is 0 Å². The molecule has 0 spiro atoms. The highest BCUT2D eigenvalue weighted by molar-refractivity contribution is 5.81. The van der Waals surface area contributed by atoms with Gasteiger partial charge >= 0.3 is 0 Å². The van der Waals surface area contributed by atoms with Gasteiger partial charge in [-0.2, -0.15) is 0 Å². The minimum Gasteiger partial charge on any atom is -0.299 e. The molecular formula is C15H18O. The van der Waals surface area contributed by atoms with Gasteiger partial charge in [-0.15, -0.1) is 0 Å². The van der Waals surface area contributed by atoms with Gasteiger partial charge in [0.25, 0.3) is 0 Å². The largest absolute Gasteiger partial charge is 0.299 e. The van der Waals surface area contributed by atoms with E-state index in [1.165, 1.54) is 17.6 Å². The summed E-state index contributed by atoms with van der Waals surface area (Å²) in [5.41, 5.74) is 2.89. The van der Waals surface area contributed by atoms with Crippen LogP contribution in [-0.4, -0.2) is 5.78 Å². The summed E-state index contributed by atoms with van der Waals surface area (Å²) in [4.78, 5) is 11.1. The number of benzene rings is 1. The van der Waals surface area contributed by atoms with Crippen LogP contribution < -0.4 is 0 Å². The Kier molecular flexibility index (Phi) is 3.92. The molecule has 0 bridgehead atoms. The van der Waals surface area contributed by atoms with Crippen molar-refractivity contribution in [3.63, 3.8) is 0 Å². The van der Waals surface area contributed by atoms with Crippen molar-refractivity contribution >= 4 is 5.78 Å². The molecule has 0 atom stereocenters. The molecule has 0 saturated heterocycles. The van der Waals surface area contributed by atoms with Crippen LogP contribution in [0.15, 0.2) is 42.0 Å². The number of hydrogen-bond acceptors (Lipinski definition) is 1. The summed E-state index contributed by atoms with van der Waals surface area (Å²) in [7, 11) is 0. The van der Waals surface area contributed by atoms with Gasteiger partial charge in [0.05, 0.1) is 0 Å². The number of carbonyl (C=O) groups excluding carboxylic acids is 1. The molecule has 0 saturated carbocycles. The zero-order valence-corrected chi connectivity index (χ0v) is 9.61. The van der Waals surface area contributed by atoms with Crippen LogP contribution >= 0.6 is 0 Å². The summed E-state index contributed by atoms with van der Waals surface area (Å²) in [6.45, 7) is 0. The maximum Gasteiger partial charge on any atom is 0.136 e. The van der Waals surface area contributed by atoms with Crippen molar-refractivity contribution in [1.82, 2.24) is 0 Å². The molecular weight excluding hydrogens is 196 g/mol. The topological polar surface area (TPSA) is 17.1 Å². The van der Waals surface area contributed by atoms with E-state index in [4.69, 9.17) is 0 Å². The average molecular weight is 214 g/mol. The predicted octanol–water partition coefficient (Wildman–Crippen LogP) is 3.69. The Morgan fingerprint density at radius 2 is 1.81 bits per heavy atom. The molecule has 1 heteroatoms. The van der Waals surface area contributed by atoms with Crippen molar-refractivity contribution in [3.8, 4) is 0 Å². The first-order valence-corrected chi connectivity index (χ1v) is 6.08. The lowest BCUT2D eigenvalue weighted by molar-refractivity contribution is -0.118.